The Morgan fingerprint density at radius 1 is 0.905 bits per heavy atom. The van der Waals surface area contributed by atoms with Gasteiger partial charge in [-0.05, 0) is 40.1 Å². The molecule has 2 heteroatoms. The van der Waals surface area contributed by atoms with Crippen molar-refractivity contribution in [2.24, 2.45) is 0 Å². The zero-order valence-corrected chi connectivity index (χ0v) is 11.3. The maximum absolute atomic E-state index is 13.0. The predicted octanol–water partition coefficient (Wildman–Crippen LogP) is 5.04. The van der Waals surface area contributed by atoms with Crippen molar-refractivity contribution in [1.29, 1.82) is 5.26 Å². The fourth-order valence-electron chi connectivity index (χ4n) is 2.34. The second-order valence-electron chi connectivity index (χ2n) is 4.75. The third-order valence-corrected chi connectivity index (χ3v) is 3.40. The summed E-state index contributed by atoms with van der Waals surface area (Å²) >= 11 is 0. The van der Waals surface area contributed by atoms with E-state index in [9.17, 15) is 9.65 Å². The van der Waals surface area contributed by atoms with Crippen LogP contribution >= 0.6 is 0 Å². The quantitative estimate of drug-likeness (QED) is 0.474. The van der Waals surface area contributed by atoms with Crippen LogP contribution < -0.4 is 0 Å². The van der Waals surface area contributed by atoms with Crippen LogP contribution in [0.1, 0.15) is 11.1 Å². The lowest BCUT2D eigenvalue weighted by Gasteiger charge is -2.04. The lowest BCUT2D eigenvalue weighted by molar-refractivity contribution is 0.627. The van der Waals surface area contributed by atoms with Crippen molar-refractivity contribution < 1.29 is 4.39 Å². The third-order valence-electron chi connectivity index (χ3n) is 3.40. The van der Waals surface area contributed by atoms with Crippen molar-refractivity contribution in [3.8, 4) is 6.07 Å². The summed E-state index contributed by atoms with van der Waals surface area (Å²) in [5, 5.41) is 11.6. The van der Waals surface area contributed by atoms with Crippen LogP contribution in [0.3, 0.4) is 0 Å². The molecule has 0 saturated heterocycles. The van der Waals surface area contributed by atoms with Crippen molar-refractivity contribution in [2.75, 3.05) is 0 Å². The van der Waals surface area contributed by atoms with Crippen LogP contribution in [-0.2, 0) is 0 Å². The average molecular weight is 273 g/mol. The largest absolute Gasteiger partial charge is 0.207 e. The zero-order valence-electron chi connectivity index (χ0n) is 11.3. The van der Waals surface area contributed by atoms with Gasteiger partial charge in [-0.15, -0.1) is 0 Å². The minimum Gasteiger partial charge on any atom is -0.207 e. The molecule has 0 saturated carbocycles. The summed E-state index contributed by atoms with van der Waals surface area (Å²) in [4.78, 5) is 0. The van der Waals surface area contributed by atoms with Crippen LogP contribution in [0, 0.1) is 17.1 Å². The number of rotatable bonds is 2. The molecule has 3 aromatic carbocycles. The molecular formula is C19H12FN. The summed E-state index contributed by atoms with van der Waals surface area (Å²) in [5.41, 5.74) is 2.21. The molecule has 0 aliphatic heterocycles. The lowest BCUT2D eigenvalue weighted by atomic mass is 9.99. The topological polar surface area (TPSA) is 23.8 Å². The molecule has 0 heterocycles. The van der Waals surface area contributed by atoms with E-state index in [1.165, 1.54) is 12.1 Å². The van der Waals surface area contributed by atoms with Crippen molar-refractivity contribution in [3.05, 3.63) is 83.7 Å². The highest BCUT2D eigenvalue weighted by atomic mass is 19.1. The van der Waals surface area contributed by atoms with Crippen LogP contribution in [0.2, 0.25) is 0 Å². The predicted molar refractivity (Wildman–Crippen MR) is 83.8 cm³/mol. The standard InChI is InChI=1S/C19H12FN/c20-18-10-8-14(9-11-18)17(13-21)12-16-6-3-5-15-4-1-2-7-19(15)16/h1-12H/b17-12-. The third kappa shape index (κ3) is 2.68. The van der Waals surface area contributed by atoms with E-state index in [1.807, 2.05) is 48.5 Å². The van der Waals surface area contributed by atoms with Crippen molar-refractivity contribution in [3.63, 3.8) is 0 Å². The molecule has 100 valence electrons. The number of halogens is 1. The second-order valence-corrected chi connectivity index (χ2v) is 4.75. The summed E-state index contributed by atoms with van der Waals surface area (Å²) in [6, 6.07) is 22.2. The van der Waals surface area contributed by atoms with Crippen LogP contribution in [0.15, 0.2) is 66.7 Å². The first-order chi connectivity index (χ1) is 10.3. The van der Waals surface area contributed by atoms with Gasteiger partial charge in [0.25, 0.3) is 0 Å². The molecule has 3 rings (SSSR count). The summed E-state index contributed by atoms with van der Waals surface area (Å²) in [6.45, 7) is 0. The zero-order chi connectivity index (χ0) is 14.7. The smallest absolute Gasteiger partial charge is 0.123 e. The SMILES string of the molecule is N#C/C(=C/c1cccc2ccccc12)c1ccc(F)cc1. The first kappa shape index (κ1) is 13.1. The van der Waals surface area contributed by atoms with Gasteiger partial charge in [-0.1, -0.05) is 54.6 Å². The fraction of sp³-hybridized carbons (Fsp3) is 0. The maximum Gasteiger partial charge on any atom is 0.123 e. The molecule has 0 atom stereocenters. The Morgan fingerprint density at radius 3 is 2.38 bits per heavy atom. The maximum atomic E-state index is 13.0. The first-order valence-corrected chi connectivity index (χ1v) is 6.63. The number of fused-ring (bicyclic) bond motifs is 1. The number of benzene rings is 3. The Hall–Kier alpha value is -2.92. The van der Waals surface area contributed by atoms with E-state index in [0.717, 1.165) is 16.3 Å². The number of hydrogen-bond acceptors (Lipinski definition) is 1. The van der Waals surface area contributed by atoms with E-state index in [-0.39, 0.29) is 5.82 Å². The van der Waals surface area contributed by atoms with Crippen LogP contribution in [0.25, 0.3) is 22.4 Å². The van der Waals surface area contributed by atoms with Gasteiger partial charge in [0.1, 0.15) is 5.82 Å². The van der Waals surface area contributed by atoms with E-state index < -0.39 is 0 Å². The van der Waals surface area contributed by atoms with E-state index in [0.29, 0.717) is 11.1 Å². The fourth-order valence-corrected chi connectivity index (χ4v) is 2.34. The normalized spacial score (nSPS) is 11.3. The molecule has 0 amide bonds. The average Bonchev–Trinajstić information content (AvgIpc) is 2.54. The molecule has 0 fully saturated rings. The number of nitrogens with zero attached hydrogens (tertiary/aromatic N) is 1. The Morgan fingerprint density at radius 2 is 1.62 bits per heavy atom. The first-order valence-electron chi connectivity index (χ1n) is 6.63. The Kier molecular flexibility index (Phi) is 3.49. The molecule has 21 heavy (non-hydrogen) atoms. The lowest BCUT2D eigenvalue weighted by Crippen LogP contribution is -1.84. The van der Waals surface area contributed by atoms with Gasteiger partial charge in [0.15, 0.2) is 0 Å². The van der Waals surface area contributed by atoms with Crippen molar-refractivity contribution in [2.45, 2.75) is 0 Å². The van der Waals surface area contributed by atoms with Crippen molar-refractivity contribution in [1.82, 2.24) is 0 Å². The highest BCUT2D eigenvalue weighted by Crippen LogP contribution is 2.24. The molecule has 0 aromatic heterocycles. The summed E-state index contributed by atoms with van der Waals surface area (Å²) in [5.74, 6) is -0.304. The van der Waals surface area contributed by atoms with Gasteiger partial charge in [-0.25, -0.2) is 4.39 Å². The van der Waals surface area contributed by atoms with E-state index in [2.05, 4.69) is 6.07 Å². The van der Waals surface area contributed by atoms with Gasteiger partial charge in [0.05, 0.1) is 11.6 Å². The molecule has 3 aromatic rings. The Bertz CT molecular complexity index is 849. The van der Waals surface area contributed by atoms with Gasteiger partial charge >= 0.3 is 0 Å². The van der Waals surface area contributed by atoms with E-state index in [4.69, 9.17) is 0 Å². The molecule has 0 aliphatic carbocycles. The molecule has 0 radical (unpaired) electrons. The van der Waals surface area contributed by atoms with Gasteiger partial charge in [0, 0.05) is 0 Å². The molecule has 0 aliphatic rings. The van der Waals surface area contributed by atoms with Gasteiger partial charge < -0.3 is 0 Å². The summed E-state index contributed by atoms with van der Waals surface area (Å²) in [7, 11) is 0. The Labute approximate surface area is 122 Å². The van der Waals surface area contributed by atoms with Gasteiger partial charge in [-0.3, -0.25) is 0 Å². The minimum absolute atomic E-state index is 0.304. The van der Waals surface area contributed by atoms with E-state index in [1.54, 1.807) is 12.1 Å². The molecule has 0 N–H and O–H groups in total. The minimum atomic E-state index is -0.304. The highest BCUT2D eigenvalue weighted by Gasteiger charge is 2.03. The molecular weight excluding hydrogens is 261 g/mol. The van der Waals surface area contributed by atoms with E-state index >= 15 is 0 Å². The highest BCUT2D eigenvalue weighted by molar-refractivity contribution is 5.98. The molecule has 1 nitrogen and oxygen atoms in total. The monoisotopic (exact) mass is 273 g/mol. The van der Waals surface area contributed by atoms with Gasteiger partial charge in [-0.2, -0.15) is 5.26 Å². The molecule has 0 spiro atoms. The van der Waals surface area contributed by atoms with Crippen molar-refractivity contribution >= 4 is 22.4 Å². The molecule has 0 unspecified atom stereocenters. The van der Waals surface area contributed by atoms with Gasteiger partial charge in [0.2, 0.25) is 0 Å². The number of allylic oxidation sites excluding steroid dienone is 1. The Balaban J connectivity index is 2.13. The summed E-state index contributed by atoms with van der Waals surface area (Å²) < 4.78 is 13.0. The van der Waals surface area contributed by atoms with Crippen LogP contribution in [-0.4, -0.2) is 0 Å². The number of nitriles is 1. The number of hydrogen-bond donors (Lipinski definition) is 0. The summed E-state index contributed by atoms with van der Waals surface area (Å²) in [6.07, 6.45) is 1.84. The molecule has 0 bridgehead atoms. The van der Waals surface area contributed by atoms with Crippen LogP contribution in [0.5, 0.6) is 0 Å². The van der Waals surface area contributed by atoms with Crippen LogP contribution in [0.4, 0.5) is 4.39 Å². The second kappa shape index (κ2) is 5.60.